The van der Waals surface area contributed by atoms with E-state index in [0.29, 0.717) is 31.5 Å². The molecule has 0 spiro atoms. The summed E-state index contributed by atoms with van der Waals surface area (Å²) in [5, 5.41) is 0. The first-order valence-corrected chi connectivity index (χ1v) is 24.5. The lowest BCUT2D eigenvalue weighted by molar-refractivity contribution is -0.139. The normalized spacial score (nSPS) is 25.9. The Morgan fingerprint density at radius 3 is 1.83 bits per heavy atom. The van der Waals surface area contributed by atoms with Gasteiger partial charge in [-0.2, -0.15) is 0 Å². The number of nitrogens with zero attached hydrogens (tertiary/aromatic N) is 6. The number of urea groups is 1. The lowest BCUT2D eigenvalue weighted by atomic mass is 9.84. The monoisotopic (exact) mass is 870 g/mol. The van der Waals surface area contributed by atoms with Crippen molar-refractivity contribution in [2.45, 2.75) is 128 Å². The Kier molecular flexibility index (Phi) is 11.0. The molecule has 5 aliphatic rings. The van der Waals surface area contributed by atoms with Gasteiger partial charge in [-0.15, -0.1) is 0 Å². The lowest BCUT2D eigenvalue weighted by Gasteiger charge is -2.36. The van der Waals surface area contributed by atoms with Crippen LogP contribution in [0.5, 0.6) is 0 Å². The van der Waals surface area contributed by atoms with Crippen LogP contribution in [-0.2, 0) is 16.1 Å². The van der Waals surface area contributed by atoms with Crippen LogP contribution in [0.2, 0.25) is 0 Å². The minimum Gasteiger partial charge on any atom is -0.340 e. The molecular weight excluding hydrogens is 809 g/mol. The van der Waals surface area contributed by atoms with Crippen molar-refractivity contribution in [2.75, 3.05) is 18.0 Å². The highest BCUT2D eigenvalue weighted by molar-refractivity contribution is 5.96. The molecule has 65 heavy (non-hydrogen) atoms. The molecule has 9 atom stereocenters. The first-order chi connectivity index (χ1) is 31.7. The van der Waals surface area contributed by atoms with Gasteiger partial charge in [0.1, 0.15) is 11.6 Å². The first-order valence-electron chi connectivity index (χ1n) is 24.5. The third kappa shape index (κ3) is 7.58. The third-order valence-corrected chi connectivity index (χ3v) is 16.3. The predicted molar refractivity (Wildman–Crippen MR) is 254 cm³/mol. The van der Waals surface area contributed by atoms with E-state index in [0.717, 1.165) is 102 Å². The quantitative estimate of drug-likeness (QED) is 0.142. The van der Waals surface area contributed by atoms with Gasteiger partial charge in [0.25, 0.3) is 0 Å². The van der Waals surface area contributed by atoms with E-state index in [9.17, 15) is 14.4 Å². The second-order valence-corrected chi connectivity index (χ2v) is 20.0. The largest absolute Gasteiger partial charge is 0.340 e. The number of nitrogens with one attached hydrogen (secondary N) is 2. The number of anilines is 1. The van der Waals surface area contributed by atoms with Crippen LogP contribution >= 0.6 is 0 Å². The molecule has 2 saturated carbocycles. The number of carbonyl (C=O) groups excluding carboxylic acids is 3. The van der Waals surface area contributed by atoms with E-state index >= 15 is 0 Å². The number of hydrogen-bond acceptors (Lipinski definition) is 5. The number of amides is 4. The highest BCUT2D eigenvalue weighted by atomic mass is 16.2. The highest BCUT2D eigenvalue weighted by Crippen LogP contribution is 2.49. The molecule has 2 aliphatic carbocycles. The van der Waals surface area contributed by atoms with Gasteiger partial charge in [-0.1, -0.05) is 106 Å². The van der Waals surface area contributed by atoms with Crippen LogP contribution in [0.1, 0.15) is 137 Å². The van der Waals surface area contributed by atoms with Crippen molar-refractivity contribution in [2.24, 2.45) is 17.8 Å². The summed E-state index contributed by atoms with van der Waals surface area (Å²) in [5.74, 6) is 2.82. The van der Waals surface area contributed by atoms with E-state index in [2.05, 4.69) is 88.2 Å². The van der Waals surface area contributed by atoms with Crippen molar-refractivity contribution >= 4 is 45.6 Å². The topological polar surface area (TPSA) is 122 Å². The molecule has 0 bridgehead atoms. The molecule has 9 unspecified atom stereocenters. The molecule has 5 fully saturated rings. The number of rotatable bonds is 10. The molecule has 336 valence electrons. The number of benzene rings is 4. The molecule has 2 N–H and O–H groups in total. The minimum absolute atomic E-state index is 0.0254. The average molecular weight is 871 g/mol. The van der Waals surface area contributed by atoms with E-state index in [1.54, 1.807) is 0 Å². The fourth-order valence-corrected chi connectivity index (χ4v) is 12.5. The Morgan fingerprint density at radius 2 is 1.20 bits per heavy atom. The number of likely N-dealkylation sites (tertiary alicyclic amines) is 2. The van der Waals surface area contributed by atoms with Crippen LogP contribution in [-0.4, -0.2) is 77.7 Å². The highest BCUT2D eigenvalue weighted by Gasteiger charge is 2.49. The Hall–Kier alpha value is -5.97. The number of aromatic amines is 2. The van der Waals surface area contributed by atoms with Crippen LogP contribution in [0.4, 0.5) is 10.5 Å². The van der Waals surface area contributed by atoms with Gasteiger partial charge in [0, 0.05) is 43.3 Å². The fraction of sp³-hybridized carbons (Fsp3) is 0.463. The van der Waals surface area contributed by atoms with Crippen molar-refractivity contribution < 1.29 is 14.4 Å². The van der Waals surface area contributed by atoms with Crippen LogP contribution in [0, 0.1) is 17.8 Å². The first kappa shape index (κ1) is 41.7. The fourth-order valence-electron chi connectivity index (χ4n) is 12.5. The molecule has 4 amide bonds. The summed E-state index contributed by atoms with van der Waals surface area (Å²) >= 11 is 0. The zero-order valence-electron chi connectivity index (χ0n) is 38.0. The van der Waals surface area contributed by atoms with Gasteiger partial charge < -0.3 is 24.7 Å². The second-order valence-electron chi connectivity index (χ2n) is 20.0. The van der Waals surface area contributed by atoms with Crippen molar-refractivity contribution in [3.8, 4) is 0 Å². The zero-order valence-corrected chi connectivity index (χ0v) is 38.0. The molecule has 5 heterocycles. The van der Waals surface area contributed by atoms with Crippen molar-refractivity contribution in [3.63, 3.8) is 0 Å². The zero-order chi connectivity index (χ0) is 44.3. The Balaban J connectivity index is 0.792. The number of imidazole rings is 2. The molecule has 3 aliphatic heterocycles. The maximum absolute atomic E-state index is 14.5. The lowest BCUT2D eigenvalue weighted by Crippen LogP contribution is -2.44. The van der Waals surface area contributed by atoms with Gasteiger partial charge in [-0.25, -0.2) is 14.8 Å². The standard InChI is InChI=1S/C54H62N8O3/c1-33(37-14-6-4-7-15-37)34(2)52(63)61-46-20-12-10-18-39(46)29-48(61)50-55-42-24-22-36(28-44(42)57-50)32-59-26-27-60(54(59)65)41-23-25-43-45(31-41)58-51(56-43)49-30-40-19-11-13-21-47(40)62(49)53(64)35(3)38-16-8-5-9-17-38/h4-9,14-17,22-25,28,31,33-35,39-40,46-49H,10-13,18-21,26-27,29-30,32H2,1-3H3,(H,55,57)(H,56,58). The average Bonchev–Trinajstić information content (AvgIpc) is 4.19. The molecule has 6 aromatic rings. The number of fused-ring (bicyclic) bond motifs is 4. The van der Waals surface area contributed by atoms with Crippen LogP contribution in [0.25, 0.3) is 22.1 Å². The van der Waals surface area contributed by atoms with Gasteiger partial charge in [-0.3, -0.25) is 14.5 Å². The summed E-state index contributed by atoms with van der Waals surface area (Å²) in [6, 6.07) is 33.1. The van der Waals surface area contributed by atoms with E-state index in [1.165, 1.54) is 18.4 Å². The van der Waals surface area contributed by atoms with E-state index in [-0.39, 0.29) is 59.8 Å². The van der Waals surface area contributed by atoms with Gasteiger partial charge in [0.2, 0.25) is 11.8 Å². The maximum atomic E-state index is 14.5. The number of carbonyl (C=O) groups is 3. The predicted octanol–water partition coefficient (Wildman–Crippen LogP) is 10.8. The third-order valence-electron chi connectivity index (χ3n) is 16.3. The van der Waals surface area contributed by atoms with Gasteiger partial charge >= 0.3 is 6.03 Å². The smallest absolute Gasteiger partial charge is 0.324 e. The van der Waals surface area contributed by atoms with Gasteiger partial charge in [0.15, 0.2) is 0 Å². The molecule has 11 heteroatoms. The van der Waals surface area contributed by atoms with Crippen molar-refractivity contribution in [1.82, 2.24) is 34.6 Å². The summed E-state index contributed by atoms with van der Waals surface area (Å²) < 4.78 is 0. The Labute approximate surface area is 382 Å². The molecule has 0 radical (unpaired) electrons. The summed E-state index contributed by atoms with van der Waals surface area (Å²) in [7, 11) is 0. The summed E-state index contributed by atoms with van der Waals surface area (Å²) in [6.07, 6.45) is 11.0. The SMILES string of the molecule is CC(C(=O)N1C(c2nc3ccc(N4CCN(Cc5ccc6nc(C7CC8CCCCC8N7C(=O)C(C)C(C)c7ccccc7)[nH]c6c5)C4=O)cc3[nH]2)CC2CCCCC21)c1ccccc1. The molecular formula is C54H62N8O3. The molecule has 3 saturated heterocycles. The summed E-state index contributed by atoms with van der Waals surface area (Å²) in [4.78, 5) is 68.6. The van der Waals surface area contributed by atoms with E-state index < -0.39 is 0 Å². The molecule has 11 nitrogen and oxygen atoms in total. The molecule has 11 rings (SSSR count). The van der Waals surface area contributed by atoms with Crippen LogP contribution in [0.3, 0.4) is 0 Å². The number of H-pyrrole nitrogens is 2. The van der Waals surface area contributed by atoms with E-state index in [1.807, 2.05) is 59.2 Å². The second kappa shape index (κ2) is 17.1. The summed E-state index contributed by atoms with van der Waals surface area (Å²) in [5.41, 5.74) is 7.65. The van der Waals surface area contributed by atoms with Crippen molar-refractivity contribution in [1.29, 1.82) is 0 Å². The maximum Gasteiger partial charge on any atom is 0.324 e. The van der Waals surface area contributed by atoms with Crippen LogP contribution < -0.4 is 4.90 Å². The minimum atomic E-state index is -0.230. The van der Waals surface area contributed by atoms with Crippen LogP contribution in [0.15, 0.2) is 97.1 Å². The Morgan fingerprint density at radius 1 is 0.646 bits per heavy atom. The molecule has 4 aromatic carbocycles. The van der Waals surface area contributed by atoms with Gasteiger partial charge in [-0.05, 0) is 110 Å². The number of hydrogen-bond donors (Lipinski definition) is 2. The summed E-state index contributed by atoms with van der Waals surface area (Å²) in [6.45, 7) is 7.99. The van der Waals surface area contributed by atoms with E-state index in [4.69, 9.17) is 9.97 Å². The van der Waals surface area contributed by atoms with Gasteiger partial charge in [0.05, 0.1) is 40.1 Å². The number of aromatic nitrogens is 4. The molecule has 2 aromatic heterocycles. The van der Waals surface area contributed by atoms with Crippen molar-refractivity contribution in [3.05, 3.63) is 125 Å². The Bertz CT molecular complexity index is 2710.